The number of carbonyl (C=O) groups is 1. The summed E-state index contributed by atoms with van der Waals surface area (Å²) >= 11 is 0. The zero-order chi connectivity index (χ0) is 13.9. The Bertz CT molecular complexity index is 569. The minimum absolute atomic E-state index is 0.0454. The van der Waals surface area contributed by atoms with Crippen LogP contribution in [0.5, 0.6) is 0 Å². The van der Waals surface area contributed by atoms with Gasteiger partial charge in [-0.05, 0) is 24.5 Å². The van der Waals surface area contributed by atoms with E-state index in [0.717, 1.165) is 17.7 Å². The van der Waals surface area contributed by atoms with Crippen molar-refractivity contribution < 1.29 is 13.2 Å². The standard InChI is InChI=1S/C13H18N2O3S/c1-19(17,18)9-8-14-12-7-6-10-4-2-3-5-11(10)15-13(12)16/h2-5,12,14H,6-9H2,1H3,(H,15,16). The lowest BCUT2D eigenvalue weighted by Gasteiger charge is -2.14. The van der Waals surface area contributed by atoms with E-state index in [0.29, 0.717) is 13.0 Å². The van der Waals surface area contributed by atoms with E-state index in [1.165, 1.54) is 6.26 Å². The van der Waals surface area contributed by atoms with Crippen molar-refractivity contribution in [3.8, 4) is 0 Å². The molecule has 0 saturated carbocycles. The molecule has 1 heterocycles. The monoisotopic (exact) mass is 282 g/mol. The lowest BCUT2D eigenvalue weighted by Crippen LogP contribution is -2.41. The smallest absolute Gasteiger partial charge is 0.241 e. The number of carbonyl (C=O) groups excluding carboxylic acids is 1. The molecule has 5 nitrogen and oxygen atoms in total. The Labute approximate surface area is 113 Å². The summed E-state index contributed by atoms with van der Waals surface area (Å²) in [7, 11) is -3.00. The second kappa shape index (κ2) is 5.71. The molecule has 0 bridgehead atoms. The number of hydrogen-bond acceptors (Lipinski definition) is 4. The van der Waals surface area contributed by atoms with Gasteiger partial charge >= 0.3 is 0 Å². The fourth-order valence-electron chi connectivity index (χ4n) is 2.12. The minimum Gasteiger partial charge on any atom is -0.324 e. The lowest BCUT2D eigenvalue weighted by atomic mass is 10.1. The molecule has 1 aromatic rings. The normalized spacial score (nSPS) is 19.4. The van der Waals surface area contributed by atoms with Gasteiger partial charge in [-0.15, -0.1) is 0 Å². The summed E-state index contributed by atoms with van der Waals surface area (Å²) in [5, 5.41) is 5.88. The maximum atomic E-state index is 12.0. The molecule has 104 valence electrons. The Morgan fingerprint density at radius 3 is 2.84 bits per heavy atom. The SMILES string of the molecule is CS(=O)(=O)CCNC1CCc2ccccc2NC1=O. The van der Waals surface area contributed by atoms with Gasteiger partial charge < -0.3 is 10.6 Å². The van der Waals surface area contributed by atoms with Crippen LogP contribution in [0.15, 0.2) is 24.3 Å². The summed E-state index contributed by atoms with van der Waals surface area (Å²) in [5.41, 5.74) is 1.96. The Hall–Kier alpha value is -1.40. The third-order valence-electron chi connectivity index (χ3n) is 3.16. The highest BCUT2D eigenvalue weighted by atomic mass is 32.2. The van der Waals surface area contributed by atoms with E-state index in [9.17, 15) is 13.2 Å². The van der Waals surface area contributed by atoms with Crippen molar-refractivity contribution in [2.24, 2.45) is 0 Å². The first-order valence-corrected chi connectivity index (χ1v) is 8.31. The Kier molecular flexibility index (Phi) is 4.21. The molecule has 0 radical (unpaired) electrons. The molecule has 0 aromatic heterocycles. The summed E-state index contributed by atoms with van der Waals surface area (Å²) < 4.78 is 22.1. The fraction of sp³-hybridized carbons (Fsp3) is 0.462. The number of benzene rings is 1. The van der Waals surface area contributed by atoms with Crippen molar-refractivity contribution >= 4 is 21.4 Å². The molecular weight excluding hydrogens is 264 g/mol. The van der Waals surface area contributed by atoms with Gasteiger partial charge in [-0.1, -0.05) is 18.2 Å². The van der Waals surface area contributed by atoms with Gasteiger partial charge in [0, 0.05) is 18.5 Å². The van der Waals surface area contributed by atoms with Gasteiger partial charge in [0.15, 0.2) is 0 Å². The largest absolute Gasteiger partial charge is 0.324 e. The van der Waals surface area contributed by atoms with Crippen LogP contribution in [0.1, 0.15) is 12.0 Å². The highest BCUT2D eigenvalue weighted by molar-refractivity contribution is 7.90. The topological polar surface area (TPSA) is 75.3 Å². The molecule has 0 fully saturated rings. The van der Waals surface area contributed by atoms with E-state index in [1.54, 1.807) is 0 Å². The average Bonchev–Trinajstić information content (AvgIpc) is 2.48. The van der Waals surface area contributed by atoms with Crippen LogP contribution < -0.4 is 10.6 Å². The van der Waals surface area contributed by atoms with E-state index < -0.39 is 9.84 Å². The molecule has 0 spiro atoms. The quantitative estimate of drug-likeness (QED) is 0.847. The molecule has 1 aliphatic heterocycles. The molecule has 1 aliphatic rings. The maximum absolute atomic E-state index is 12.0. The number of sulfone groups is 1. The number of nitrogens with one attached hydrogen (secondary N) is 2. The number of hydrogen-bond donors (Lipinski definition) is 2. The maximum Gasteiger partial charge on any atom is 0.241 e. The zero-order valence-corrected chi connectivity index (χ0v) is 11.7. The van der Waals surface area contributed by atoms with E-state index >= 15 is 0 Å². The van der Waals surface area contributed by atoms with Crippen LogP contribution in [0.4, 0.5) is 5.69 Å². The van der Waals surface area contributed by atoms with Gasteiger partial charge in [0.25, 0.3) is 0 Å². The fourth-order valence-corrected chi connectivity index (χ4v) is 2.61. The van der Waals surface area contributed by atoms with E-state index in [4.69, 9.17) is 0 Å². The summed E-state index contributed by atoms with van der Waals surface area (Å²) in [5.74, 6) is -0.0533. The van der Waals surface area contributed by atoms with Crippen LogP contribution in [-0.2, 0) is 21.1 Å². The molecule has 19 heavy (non-hydrogen) atoms. The minimum atomic E-state index is -3.00. The molecule has 1 unspecified atom stereocenters. The summed E-state index contributed by atoms with van der Waals surface area (Å²) in [6.45, 7) is 0.299. The highest BCUT2D eigenvalue weighted by Gasteiger charge is 2.22. The van der Waals surface area contributed by atoms with Gasteiger partial charge in [0.2, 0.25) is 5.91 Å². The van der Waals surface area contributed by atoms with Crippen molar-refractivity contribution in [3.05, 3.63) is 29.8 Å². The first-order chi connectivity index (χ1) is 8.96. The molecule has 2 rings (SSSR count). The van der Waals surface area contributed by atoms with Gasteiger partial charge in [-0.3, -0.25) is 4.79 Å². The van der Waals surface area contributed by atoms with Crippen molar-refractivity contribution in [2.75, 3.05) is 23.9 Å². The molecule has 2 N–H and O–H groups in total. The first-order valence-electron chi connectivity index (χ1n) is 6.25. The van der Waals surface area contributed by atoms with E-state index in [2.05, 4.69) is 10.6 Å². The summed E-state index contributed by atoms with van der Waals surface area (Å²) in [4.78, 5) is 12.0. The third-order valence-corrected chi connectivity index (χ3v) is 4.10. The van der Waals surface area contributed by atoms with Gasteiger partial charge in [-0.25, -0.2) is 8.42 Å². The first kappa shape index (κ1) is 14.0. The van der Waals surface area contributed by atoms with Gasteiger partial charge in [-0.2, -0.15) is 0 Å². The van der Waals surface area contributed by atoms with Crippen molar-refractivity contribution in [1.29, 1.82) is 0 Å². The molecule has 1 amide bonds. The highest BCUT2D eigenvalue weighted by Crippen LogP contribution is 2.21. The predicted molar refractivity (Wildman–Crippen MR) is 74.9 cm³/mol. The second-order valence-corrected chi connectivity index (χ2v) is 7.08. The summed E-state index contributed by atoms with van der Waals surface area (Å²) in [6.07, 6.45) is 2.66. The number of fused-ring (bicyclic) bond motifs is 1. The van der Waals surface area contributed by atoms with Crippen LogP contribution in [-0.4, -0.2) is 38.9 Å². The third kappa shape index (κ3) is 4.04. The van der Waals surface area contributed by atoms with Crippen molar-refractivity contribution in [1.82, 2.24) is 5.32 Å². The van der Waals surface area contributed by atoms with Crippen molar-refractivity contribution in [3.63, 3.8) is 0 Å². The molecule has 1 aromatic carbocycles. The molecule has 0 saturated heterocycles. The number of amides is 1. The Balaban J connectivity index is 1.97. The van der Waals surface area contributed by atoms with Crippen molar-refractivity contribution in [2.45, 2.75) is 18.9 Å². The van der Waals surface area contributed by atoms with Crippen LogP contribution >= 0.6 is 0 Å². The Morgan fingerprint density at radius 2 is 2.11 bits per heavy atom. The van der Waals surface area contributed by atoms with Crippen LogP contribution in [0, 0.1) is 0 Å². The van der Waals surface area contributed by atoms with Crippen LogP contribution in [0.25, 0.3) is 0 Å². The zero-order valence-electron chi connectivity index (χ0n) is 10.8. The Morgan fingerprint density at radius 1 is 1.37 bits per heavy atom. The molecular formula is C13H18N2O3S. The molecule has 1 atom stereocenters. The molecule has 6 heteroatoms. The number of para-hydroxylation sites is 1. The van der Waals surface area contributed by atoms with Crippen LogP contribution in [0.2, 0.25) is 0 Å². The van der Waals surface area contributed by atoms with E-state index in [1.807, 2.05) is 24.3 Å². The van der Waals surface area contributed by atoms with Gasteiger partial charge in [0.1, 0.15) is 9.84 Å². The van der Waals surface area contributed by atoms with E-state index in [-0.39, 0.29) is 17.7 Å². The summed E-state index contributed by atoms with van der Waals surface area (Å²) in [6, 6.07) is 7.37. The average molecular weight is 282 g/mol. The second-order valence-electron chi connectivity index (χ2n) is 4.82. The lowest BCUT2D eigenvalue weighted by molar-refractivity contribution is -0.118. The number of aryl methyl sites for hydroxylation is 1. The predicted octanol–water partition coefficient (Wildman–Crippen LogP) is 0.574. The van der Waals surface area contributed by atoms with Crippen LogP contribution in [0.3, 0.4) is 0 Å². The number of rotatable bonds is 4. The number of anilines is 1. The molecule has 0 aliphatic carbocycles. The van der Waals surface area contributed by atoms with Gasteiger partial charge in [0.05, 0.1) is 11.8 Å².